The summed E-state index contributed by atoms with van der Waals surface area (Å²) >= 11 is 0. The van der Waals surface area contributed by atoms with E-state index in [-0.39, 0.29) is 29.6 Å². The van der Waals surface area contributed by atoms with Crippen LogP contribution >= 0.6 is 0 Å². The van der Waals surface area contributed by atoms with Crippen molar-refractivity contribution < 1.29 is 17.6 Å². The summed E-state index contributed by atoms with van der Waals surface area (Å²) in [5.74, 6) is -0.633. The lowest BCUT2D eigenvalue weighted by Gasteiger charge is -2.33. The summed E-state index contributed by atoms with van der Waals surface area (Å²) in [5, 5.41) is 3.07. The number of halogens is 1. The molecule has 1 amide bonds. The zero-order valence-corrected chi connectivity index (χ0v) is 16.0. The molecular formula is C19H27FN2O3S. The number of hydrogen-bond donors (Lipinski definition) is 1. The number of piperidine rings is 1. The van der Waals surface area contributed by atoms with Crippen molar-refractivity contribution in [2.24, 2.45) is 5.92 Å². The van der Waals surface area contributed by atoms with E-state index in [1.807, 2.05) is 12.1 Å². The highest BCUT2D eigenvalue weighted by Crippen LogP contribution is 2.40. The van der Waals surface area contributed by atoms with Gasteiger partial charge in [0.05, 0.1) is 12.2 Å². The van der Waals surface area contributed by atoms with Crippen molar-refractivity contribution in [3.05, 3.63) is 35.6 Å². The van der Waals surface area contributed by atoms with Crippen LogP contribution in [0, 0.1) is 11.7 Å². The van der Waals surface area contributed by atoms with Crippen molar-refractivity contribution in [1.29, 1.82) is 0 Å². The minimum Gasteiger partial charge on any atom is -0.355 e. The Morgan fingerprint density at radius 2 is 1.88 bits per heavy atom. The number of amides is 1. The Morgan fingerprint density at radius 1 is 1.23 bits per heavy atom. The van der Waals surface area contributed by atoms with E-state index in [4.69, 9.17) is 0 Å². The summed E-state index contributed by atoms with van der Waals surface area (Å²) < 4.78 is 38.2. The standard InChI is InChI=1S/C19H27FN2O3S/c1-26(24,25)22-12-4-5-15(13-22)18(23)21-14-19(10-2-3-11-19)16-6-8-17(20)9-7-16/h6-9,15H,2-5,10-14H2,1H3,(H,21,23). The van der Waals surface area contributed by atoms with Crippen molar-refractivity contribution in [1.82, 2.24) is 9.62 Å². The van der Waals surface area contributed by atoms with Crippen LogP contribution in [0.5, 0.6) is 0 Å². The van der Waals surface area contributed by atoms with Gasteiger partial charge in [-0.1, -0.05) is 25.0 Å². The molecule has 1 saturated carbocycles. The molecule has 0 aromatic heterocycles. The largest absolute Gasteiger partial charge is 0.355 e. The third kappa shape index (κ3) is 4.26. The molecule has 26 heavy (non-hydrogen) atoms. The Kier molecular flexibility index (Phi) is 5.67. The van der Waals surface area contributed by atoms with Gasteiger partial charge in [0.1, 0.15) is 5.82 Å². The highest BCUT2D eigenvalue weighted by Gasteiger charge is 2.37. The average Bonchev–Trinajstić information content (AvgIpc) is 3.10. The SMILES string of the molecule is CS(=O)(=O)N1CCCC(C(=O)NCC2(c3ccc(F)cc3)CCCC2)C1. The molecule has 1 atom stereocenters. The summed E-state index contributed by atoms with van der Waals surface area (Å²) in [7, 11) is -3.26. The minimum atomic E-state index is -3.26. The Labute approximate surface area is 155 Å². The third-order valence-corrected chi connectivity index (χ3v) is 7.11. The maximum atomic E-state index is 13.3. The van der Waals surface area contributed by atoms with E-state index in [0.717, 1.165) is 31.2 Å². The summed E-state index contributed by atoms with van der Waals surface area (Å²) in [5.41, 5.74) is 0.923. The van der Waals surface area contributed by atoms with Gasteiger partial charge < -0.3 is 5.32 Å². The fraction of sp³-hybridized carbons (Fsp3) is 0.632. The average molecular weight is 383 g/mol. The van der Waals surface area contributed by atoms with E-state index in [1.165, 1.54) is 22.7 Å². The molecule has 144 valence electrons. The number of carbonyl (C=O) groups is 1. The highest BCUT2D eigenvalue weighted by molar-refractivity contribution is 7.88. The second-order valence-electron chi connectivity index (χ2n) is 7.67. The molecule has 0 spiro atoms. The normalized spacial score (nSPS) is 23.7. The Bertz CT molecular complexity index is 743. The second-order valence-corrected chi connectivity index (χ2v) is 9.65. The lowest BCUT2D eigenvalue weighted by molar-refractivity contribution is -0.126. The molecule has 1 heterocycles. The quantitative estimate of drug-likeness (QED) is 0.851. The molecular weight excluding hydrogens is 355 g/mol. The molecule has 1 unspecified atom stereocenters. The van der Waals surface area contributed by atoms with Crippen LogP contribution in [0.2, 0.25) is 0 Å². The maximum absolute atomic E-state index is 13.3. The van der Waals surface area contributed by atoms with Gasteiger partial charge >= 0.3 is 0 Å². The molecule has 3 rings (SSSR count). The number of hydrogen-bond acceptors (Lipinski definition) is 3. The fourth-order valence-corrected chi connectivity index (χ4v) is 5.19. The lowest BCUT2D eigenvalue weighted by Crippen LogP contribution is -2.47. The van der Waals surface area contributed by atoms with Gasteiger partial charge in [-0.3, -0.25) is 4.79 Å². The Hall–Kier alpha value is -1.47. The summed E-state index contributed by atoms with van der Waals surface area (Å²) in [4.78, 5) is 12.7. The van der Waals surface area contributed by atoms with E-state index in [2.05, 4.69) is 5.32 Å². The van der Waals surface area contributed by atoms with Crippen LogP contribution in [0.25, 0.3) is 0 Å². The summed E-state index contributed by atoms with van der Waals surface area (Å²) in [6.07, 6.45) is 6.74. The first-order valence-corrected chi connectivity index (χ1v) is 11.1. The van der Waals surface area contributed by atoms with Gasteiger partial charge in [-0.05, 0) is 43.4 Å². The molecule has 1 aromatic carbocycles. The highest BCUT2D eigenvalue weighted by atomic mass is 32.2. The van der Waals surface area contributed by atoms with E-state index in [9.17, 15) is 17.6 Å². The summed E-state index contributed by atoms with van der Waals surface area (Å²) in [6, 6.07) is 6.59. The number of nitrogens with one attached hydrogen (secondary N) is 1. The molecule has 7 heteroatoms. The molecule has 1 saturated heterocycles. The molecule has 2 aliphatic rings. The van der Waals surface area contributed by atoms with Crippen molar-refractivity contribution in [2.45, 2.75) is 43.9 Å². The number of benzene rings is 1. The first kappa shape index (κ1) is 19.3. The van der Waals surface area contributed by atoms with E-state index in [0.29, 0.717) is 25.9 Å². The van der Waals surface area contributed by atoms with Gasteiger partial charge in [-0.25, -0.2) is 17.1 Å². The molecule has 2 fully saturated rings. The maximum Gasteiger partial charge on any atom is 0.224 e. The van der Waals surface area contributed by atoms with Gasteiger partial charge in [0.15, 0.2) is 0 Å². The smallest absolute Gasteiger partial charge is 0.224 e. The lowest BCUT2D eigenvalue weighted by atomic mass is 9.78. The van der Waals surface area contributed by atoms with Crippen molar-refractivity contribution in [3.63, 3.8) is 0 Å². The van der Waals surface area contributed by atoms with Crippen LogP contribution in [-0.2, 0) is 20.2 Å². The van der Waals surface area contributed by atoms with Crippen molar-refractivity contribution in [2.75, 3.05) is 25.9 Å². The number of sulfonamides is 1. The van der Waals surface area contributed by atoms with Crippen molar-refractivity contribution >= 4 is 15.9 Å². The van der Waals surface area contributed by atoms with Gasteiger partial charge in [-0.15, -0.1) is 0 Å². The molecule has 0 radical (unpaired) electrons. The fourth-order valence-electron chi connectivity index (χ4n) is 4.28. The molecule has 1 aliphatic heterocycles. The topological polar surface area (TPSA) is 66.5 Å². The Balaban J connectivity index is 1.66. The molecule has 1 aliphatic carbocycles. The predicted molar refractivity (Wildman–Crippen MR) is 98.7 cm³/mol. The van der Waals surface area contributed by atoms with Crippen LogP contribution in [0.3, 0.4) is 0 Å². The molecule has 1 N–H and O–H groups in total. The molecule has 0 bridgehead atoms. The van der Waals surface area contributed by atoms with Gasteiger partial charge in [0.2, 0.25) is 15.9 Å². The third-order valence-electron chi connectivity index (χ3n) is 5.84. The Morgan fingerprint density at radius 3 is 2.50 bits per heavy atom. The molecule has 5 nitrogen and oxygen atoms in total. The minimum absolute atomic E-state index is 0.0771. The zero-order chi connectivity index (χ0) is 18.8. The van der Waals surface area contributed by atoms with Crippen LogP contribution in [0.15, 0.2) is 24.3 Å². The van der Waals surface area contributed by atoms with Crippen LogP contribution in [0.1, 0.15) is 44.1 Å². The van der Waals surface area contributed by atoms with Gasteiger partial charge in [0, 0.05) is 25.0 Å². The van der Waals surface area contributed by atoms with Crippen LogP contribution in [-0.4, -0.2) is 44.5 Å². The number of rotatable bonds is 5. The van der Waals surface area contributed by atoms with Gasteiger partial charge in [-0.2, -0.15) is 0 Å². The summed E-state index contributed by atoms with van der Waals surface area (Å²) in [6.45, 7) is 1.27. The number of carbonyl (C=O) groups excluding carboxylic acids is 1. The van der Waals surface area contributed by atoms with E-state index >= 15 is 0 Å². The first-order chi connectivity index (χ1) is 12.3. The second kappa shape index (κ2) is 7.64. The van der Waals surface area contributed by atoms with Crippen molar-refractivity contribution in [3.8, 4) is 0 Å². The van der Waals surface area contributed by atoms with E-state index in [1.54, 1.807) is 0 Å². The molecule has 1 aromatic rings. The monoisotopic (exact) mass is 382 g/mol. The van der Waals surface area contributed by atoms with Crippen LogP contribution in [0.4, 0.5) is 4.39 Å². The van der Waals surface area contributed by atoms with Gasteiger partial charge in [0.25, 0.3) is 0 Å². The first-order valence-electron chi connectivity index (χ1n) is 9.29. The zero-order valence-electron chi connectivity index (χ0n) is 15.2. The number of nitrogens with zero attached hydrogens (tertiary/aromatic N) is 1. The van der Waals surface area contributed by atoms with E-state index < -0.39 is 10.0 Å². The predicted octanol–water partition coefficient (Wildman–Crippen LogP) is 2.43. The van der Waals surface area contributed by atoms with Crippen LogP contribution < -0.4 is 5.32 Å².